The molecule has 10 heteroatoms. The molecule has 0 spiro atoms. The van der Waals surface area contributed by atoms with E-state index >= 15 is 0 Å². The Morgan fingerprint density at radius 2 is 1.97 bits per heavy atom. The predicted octanol–water partition coefficient (Wildman–Crippen LogP) is 1.28. The lowest BCUT2D eigenvalue weighted by Crippen LogP contribution is -2.51. The summed E-state index contributed by atoms with van der Waals surface area (Å²) in [6.07, 6.45) is 0.502. The number of likely N-dealkylation sites (tertiary alicyclic amines) is 1. The average Bonchev–Trinajstić information content (AvgIpc) is 3.06. The molecule has 1 saturated heterocycles. The topological polar surface area (TPSA) is 105 Å². The van der Waals surface area contributed by atoms with E-state index < -0.39 is 41.5 Å². The number of hydrogen-bond acceptors (Lipinski definition) is 5. The van der Waals surface area contributed by atoms with Crippen molar-refractivity contribution in [2.75, 3.05) is 13.7 Å². The zero-order chi connectivity index (χ0) is 23.1. The number of benzene rings is 1. The van der Waals surface area contributed by atoms with Gasteiger partial charge in [-0.05, 0) is 18.4 Å². The van der Waals surface area contributed by atoms with Gasteiger partial charge in [-0.1, -0.05) is 26.0 Å². The number of amides is 3. The summed E-state index contributed by atoms with van der Waals surface area (Å²) in [5.41, 5.74) is 0.0305. The Labute approximate surface area is 179 Å². The van der Waals surface area contributed by atoms with Crippen molar-refractivity contribution in [2.24, 2.45) is 5.92 Å². The number of methoxy groups -OCH3 is 1. The fraction of sp³-hybridized carbons (Fsp3) is 0.524. The first-order valence-electron chi connectivity index (χ1n) is 10.00. The molecule has 1 heterocycles. The Balaban J connectivity index is 2.01. The van der Waals surface area contributed by atoms with Crippen LogP contribution in [-0.2, 0) is 30.5 Å². The Kier molecular flexibility index (Phi) is 8.47. The van der Waals surface area contributed by atoms with Crippen molar-refractivity contribution in [1.29, 1.82) is 0 Å². The third-order valence-electron chi connectivity index (χ3n) is 5.15. The van der Waals surface area contributed by atoms with E-state index in [1.165, 1.54) is 24.1 Å². The normalized spacial score (nSPS) is 16.9. The van der Waals surface area contributed by atoms with Gasteiger partial charge < -0.3 is 20.3 Å². The van der Waals surface area contributed by atoms with Gasteiger partial charge >= 0.3 is 5.97 Å². The maximum Gasteiger partial charge on any atom is 0.325 e. The van der Waals surface area contributed by atoms with Gasteiger partial charge in [0.1, 0.15) is 12.6 Å². The van der Waals surface area contributed by atoms with E-state index in [1.807, 2.05) is 0 Å². The van der Waals surface area contributed by atoms with Gasteiger partial charge in [0.15, 0.2) is 11.6 Å². The van der Waals surface area contributed by atoms with Gasteiger partial charge in [-0.2, -0.15) is 0 Å². The largest absolute Gasteiger partial charge is 0.468 e. The second-order valence-electron chi connectivity index (χ2n) is 7.71. The molecule has 0 aliphatic carbocycles. The first-order chi connectivity index (χ1) is 14.6. The van der Waals surface area contributed by atoms with Gasteiger partial charge in [-0.25, -0.2) is 8.78 Å². The highest BCUT2D eigenvalue weighted by Crippen LogP contribution is 2.25. The summed E-state index contributed by atoms with van der Waals surface area (Å²) in [5, 5.41) is 5.03. The lowest BCUT2D eigenvalue weighted by Gasteiger charge is -2.26. The molecule has 3 amide bonds. The number of esters is 1. The predicted molar refractivity (Wildman–Crippen MR) is 106 cm³/mol. The summed E-state index contributed by atoms with van der Waals surface area (Å²) >= 11 is 0. The Hall–Kier alpha value is -3.04. The Morgan fingerprint density at radius 3 is 2.61 bits per heavy atom. The van der Waals surface area contributed by atoms with Crippen molar-refractivity contribution in [3.05, 3.63) is 35.4 Å². The van der Waals surface area contributed by atoms with Gasteiger partial charge in [0, 0.05) is 31.0 Å². The lowest BCUT2D eigenvalue weighted by molar-refractivity contribution is -0.141. The van der Waals surface area contributed by atoms with Crippen LogP contribution in [0.15, 0.2) is 18.2 Å². The molecular weight excluding hydrogens is 412 g/mol. The Morgan fingerprint density at radius 1 is 1.26 bits per heavy atom. The third kappa shape index (κ3) is 6.47. The van der Waals surface area contributed by atoms with Crippen LogP contribution in [0, 0.1) is 17.6 Å². The summed E-state index contributed by atoms with van der Waals surface area (Å²) in [6, 6.07) is 2.36. The van der Waals surface area contributed by atoms with Gasteiger partial charge in [0.05, 0.1) is 7.11 Å². The van der Waals surface area contributed by atoms with Crippen LogP contribution in [0.5, 0.6) is 0 Å². The van der Waals surface area contributed by atoms with Crippen molar-refractivity contribution in [2.45, 2.75) is 51.7 Å². The van der Waals surface area contributed by atoms with Crippen LogP contribution in [0.25, 0.3) is 0 Å². The van der Waals surface area contributed by atoms with Crippen LogP contribution in [0.3, 0.4) is 0 Å². The number of rotatable bonds is 9. The highest BCUT2D eigenvalue weighted by Gasteiger charge is 2.34. The van der Waals surface area contributed by atoms with Crippen LogP contribution in [0.2, 0.25) is 0 Å². The van der Waals surface area contributed by atoms with Crippen molar-refractivity contribution < 1.29 is 32.7 Å². The number of carbonyl (C=O) groups excluding carboxylic acids is 4. The van der Waals surface area contributed by atoms with E-state index in [-0.39, 0.29) is 43.3 Å². The highest BCUT2D eigenvalue weighted by molar-refractivity contribution is 5.90. The molecule has 1 aliphatic rings. The molecule has 31 heavy (non-hydrogen) atoms. The molecule has 1 aromatic carbocycles. The van der Waals surface area contributed by atoms with E-state index in [4.69, 9.17) is 0 Å². The summed E-state index contributed by atoms with van der Waals surface area (Å²) in [6.45, 7) is 3.01. The maximum absolute atomic E-state index is 14.0. The van der Waals surface area contributed by atoms with E-state index in [2.05, 4.69) is 15.4 Å². The highest BCUT2D eigenvalue weighted by atomic mass is 19.2. The molecule has 0 unspecified atom stereocenters. The van der Waals surface area contributed by atoms with E-state index in [0.717, 1.165) is 6.07 Å². The second kappa shape index (κ2) is 10.8. The second-order valence-corrected chi connectivity index (χ2v) is 7.71. The molecule has 8 nitrogen and oxygen atoms in total. The molecule has 0 radical (unpaired) electrons. The minimum Gasteiger partial charge on any atom is -0.468 e. The Bertz CT molecular complexity index is 846. The molecule has 170 valence electrons. The molecule has 2 rings (SSSR count). The number of nitrogens with zero attached hydrogens (tertiary/aromatic N) is 1. The molecule has 0 aromatic heterocycles. The van der Waals surface area contributed by atoms with Crippen LogP contribution in [0.1, 0.15) is 38.7 Å². The number of halogens is 2. The summed E-state index contributed by atoms with van der Waals surface area (Å²) in [5.74, 6) is -4.15. The van der Waals surface area contributed by atoms with Crippen molar-refractivity contribution >= 4 is 23.7 Å². The van der Waals surface area contributed by atoms with E-state index in [9.17, 15) is 28.0 Å². The number of ether oxygens (including phenoxy) is 1. The minimum atomic E-state index is -1.02. The molecule has 2 atom stereocenters. The minimum absolute atomic E-state index is 0.0305. The third-order valence-corrected chi connectivity index (χ3v) is 5.15. The molecule has 1 aromatic rings. The van der Waals surface area contributed by atoms with Gasteiger partial charge in [0.2, 0.25) is 17.7 Å². The molecule has 0 saturated carbocycles. The fourth-order valence-corrected chi connectivity index (χ4v) is 3.40. The standard InChI is InChI=1S/C21H27F2N3O5/c1-12(2)20(21(30)24-10-18(29)31-3)25-16(27)9-14-7-8-17(28)26(14)11-13-5-4-6-15(22)19(13)23/h4-6,12,14,20H,7-11H2,1-3H3,(H,24,30)(H,25,27)/t14-,20+/m0/s1. The van der Waals surface area contributed by atoms with E-state index in [0.29, 0.717) is 6.42 Å². The van der Waals surface area contributed by atoms with Gasteiger partial charge in [-0.15, -0.1) is 0 Å². The summed E-state index contributed by atoms with van der Waals surface area (Å²) in [7, 11) is 1.19. The quantitative estimate of drug-likeness (QED) is 0.564. The van der Waals surface area contributed by atoms with Crippen LogP contribution >= 0.6 is 0 Å². The van der Waals surface area contributed by atoms with Crippen LogP contribution < -0.4 is 10.6 Å². The number of carbonyl (C=O) groups is 4. The van der Waals surface area contributed by atoms with Crippen molar-refractivity contribution in [1.82, 2.24) is 15.5 Å². The van der Waals surface area contributed by atoms with Crippen molar-refractivity contribution in [3.8, 4) is 0 Å². The van der Waals surface area contributed by atoms with E-state index in [1.54, 1.807) is 13.8 Å². The first kappa shape index (κ1) is 24.2. The lowest BCUT2D eigenvalue weighted by atomic mass is 10.0. The molecule has 2 N–H and O–H groups in total. The zero-order valence-corrected chi connectivity index (χ0v) is 17.7. The summed E-state index contributed by atoms with van der Waals surface area (Å²) < 4.78 is 32.0. The number of hydrogen-bond donors (Lipinski definition) is 2. The SMILES string of the molecule is COC(=O)CNC(=O)[C@H](NC(=O)C[C@@H]1CCC(=O)N1Cc1cccc(F)c1F)C(C)C. The first-order valence-corrected chi connectivity index (χ1v) is 10.00. The maximum atomic E-state index is 14.0. The van der Waals surface area contributed by atoms with Crippen LogP contribution in [-0.4, -0.2) is 54.3 Å². The number of nitrogens with one attached hydrogen (secondary N) is 2. The average molecular weight is 439 g/mol. The van der Waals surface area contributed by atoms with Gasteiger partial charge in [-0.3, -0.25) is 19.2 Å². The van der Waals surface area contributed by atoms with Crippen LogP contribution in [0.4, 0.5) is 8.78 Å². The smallest absolute Gasteiger partial charge is 0.325 e. The molecular formula is C21H27F2N3O5. The molecule has 1 aliphatic heterocycles. The summed E-state index contributed by atoms with van der Waals surface area (Å²) in [4.78, 5) is 49.7. The monoisotopic (exact) mass is 439 g/mol. The fourth-order valence-electron chi connectivity index (χ4n) is 3.40. The van der Waals surface area contributed by atoms with Crippen molar-refractivity contribution in [3.63, 3.8) is 0 Å². The zero-order valence-electron chi connectivity index (χ0n) is 17.7. The molecule has 1 fully saturated rings. The van der Waals surface area contributed by atoms with Gasteiger partial charge in [0.25, 0.3) is 0 Å². The molecule has 0 bridgehead atoms.